The molecule has 0 saturated carbocycles. The lowest BCUT2D eigenvalue weighted by Gasteiger charge is -2.10. The zero-order valence-corrected chi connectivity index (χ0v) is 16.0. The van der Waals surface area contributed by atoms with Crippen molar-refractivity contribution in [2.24, 2.45) is 0 Å². The van der Waals surface area contributed by atoms with Crippen LogP contribution in [0.1, 0.15) is 15.9 Å². The fraction of sp³-hybridized carbons (Fsp3) is 0.0500. The number of carbonyl (C=O) groups is 1. The second-order valence-corrected chi connectivity index (χ2v) is 8.09. The molecule has 27 heavy (non-hydrogen) atoms. The summed E-state index contributed by atoms with van der Waals surface area (Å²) in [5.74, 6) is -0.389. The maximum Gasteiger partial charge on any atom is 0.261 e. The van der Waals surface area contributed by atoms with Crippen molar-refractivity contribution in [1.82, 2.24) is 0 Å². The zero-order chi connectivity index (χ0) is 19.4. The highest BCUT2D eigenvalue weighted by molar-refractivity contribution is 7.92. The van der Waals surface area contributed by atoms with E-state index in [4.69, 9.17) is 11.6 Å². The molecule has 0 radical (unpaired) electrons. The highest BCUT2D eigenvalue weighted by atomic mass is 35.5. The Balaban J connectivity index is 1.82. The molecule has 138 valence electrons. The number of anilines is 2. The van der Waals surface area contributed by atoms with Gasteiger partial charge in [0.15, 0.2) is 0 Å². The lowest BCUT2D eigenvalue weighted by Crippen LogP contribution is -2.16. The third-order valence-electron chi connectivity index (χ3n) is 3.76. The Morgan fingerprint density at radius 2 is 1.59 bits per heavy atom. The second-order valence-electron chi connectivity index (χ2n) is 5.97. The van der Waals surface area contributed by atoms with Crippen LogP contribution in [0.25, 0.3) is 0 Å². The van der Waals surface area contributed by atoms with Crippen LogP contribution >= 0.6 is 11.6 Å². The molecule has 0 fully saturated rings. The molecule has 0 aliphatic rings. The Bertz CT molecular complexity index is 1100. The van der Waals surface area contributed by atoms with Crippen molar-refractivity contribution in [3.05, 3.63) is 88.9 Å². The van der Waals surface area contributed by atoms with E-state index in [2.05, 4.69) is 10.0 Å². The number of nitrogens with one attached hydrogen (secondary N) is 2. The molecule has 0 aliphatic heterocycles. The minimum absolute atomic E-state index is 0.0145. The number of benzene rings is 3. The molecule has 0 bridgehead atoms. The molecule has 0 unspecified atom stereocenters. The molecule has 5 nitrogen and oxygen atoms in total. The Morgan fingerprint density at radius 1 is 0.889 bits per heavy atom. The predicted molar refractivity (Wildman–Crippen MR) is 108 cm³/mol. The van der Waals surface area contributed by atoms with Crippen LogP contribution in [0.3, 0.4) is 0 Å². The third-order valence-corrected chi connectivity index (χ3v) is 5.37. The Kier molecular flexibility index (Phi) is 5.48. The molecular weight excluding hydrogens is 384 g/mol. The van der Waals surface area contributed by atoms with Crippen molar-refractivity contribution in [1.29, 1.82) is 0 Å². The summed E-state index contributed by atoms with van der Waals surface area (Å²) < 4.78 is 27.7. The summed E-state index contributed by atoms with van der Waals surface area (Å²) >= 11 is 5.89. The van der Waals surface area contributed by atoms with Crippen LogP contribution in [0, 0.1) is 6.92 Å². The number of hydrogen-bond donors (Lipinski definition) is 2. The molecule has 0 spiro atoms. The van der Waals surface area contributed by atoms with E-state index in [9.17, 15) is 13.2 Å². The lowest BCUT2D eigenvalue weighted by atomic mass is 10.2. The largest absolute Gasteiger partial charge is 0.322 e. The van der Waals surface area contributed by atoms with Crippen LogP contribution in [0.2, 0.25) is 5.02 Å². The van der Waals surface area contributed by atoms with E-state index in [0.29, 0.717) is 16.4 Å². The molecule has 1 amide bonds. The minimum atomic E-state index is -3.85. The van der Waals surface area contributed by atoms with Gasteiger partial charge in [-0.2, -0.15) is 0 Å². The van der Waals surface area contributed by atoms with Crippen LogP contribution in [0.5, 0.6) is 0 Å². The van der Waals surface area contributed by atoms with Gasteiger partial charge in [0.1, 0.15) is 0 Å². The number of amides is 1. The smallest absolute Gasteiger partial charge is 0.261 e. The van der Waals surface area contributed by atoms with Crippen LogP contribution in [0.15, 0.2) is 77.7 Å². The van der Waals surface area contributed by atoms with Crippen molar-refractivity contribution in [3.8, 4) is 0 Å². The van der Waals surface area contributed by atoms with Crippen LogP contribution in [-0.2, 0) is 10.0 Å². The van der Waals surface area contributed by atoms with Gasteiger partial charge in [-0.05, 0) is 61.0 Å². The van der Waals surface area contributed by atoms with E-state index < -0.39 is 10.0 Å². The van der Waals surface area contributed by atoms with Crippen LogP contribution < -0.4 is 10.0 Å². The van der Waals surface area contributed by atoms with E-state index in [0.717, 1.165) is 5.56 Å². The first-order valence-corrected chi connectivity index (χ1v) is 9.96. The normalized spacial score (nSPS) is 11.0. The van der Waals surface area contributed by atoms with Gasteiger partial charge in [0.2, 0.25) is 0 Å². The van der Waals surface area contributed by atoms with E-state index >= 15 is 0 Å². The molecule has 0 aromatic heterocycles. The molecule has 3 aromatic carbocycles. The summed E-state index contributed by atoms with van der Waals surface area (Å²) in [6.07, 6.45) is 0. The number of aryl methyl sites for hydroxylation is 1. The van der Waals surface area contributed by atoms with Gasteiger partial charge in [0.25, 0.3) is 15.9 Å². The lowest BCUT2D eigenvalue weighted by molar-refractivity contribution is 0.102. The van der Waals surface area contributed by atoms with Crippen molar-refractivity contribution in [2.45, 2.75) is 11.8 Å². The molecule has 0 saturated heterocycles. The second kappa shape index (κ2) is 7.82. The highest BCUT2D eigenvalue weighted by Crippen LogP contribution is 2.20. The molecule has 3 aromatic rings. The predicted octanol–water partition coefficient (Wildman–Crippen LogP) is 4.70. The molecule has 0 heterocycles. The van der Waals surface area contributed by atoms with Crippen LogP contribution in [-0.4, -0.2) is 14.3 Å². The van der Waals surface area contributed by atoms with Gasteiger partial charge in [0, 0.05) is 16.3 Å². The monoisotopic (exact) mass is 400 g/mol. The maximum absolute atomic E-state index is 12.6. The fourth-order valence-electron chi connectivity index (χ4n) is 2.50. The van der Waals surface area contributed by atoms with Crippen molar-refractivity contribution < 1.29 is 13.2 Å². The summed E-state index contributed by atoms with van der Waals surface area (Å²) in [6.45, 7) is 1.92. The van der Waals surface area contributed by atoms with Gasteiger partial charge in [-0.3, -0.25) is 9.52 Å². The van der Waals surface area contributed by atoms with Crippen molar-refractivity contribution in [2.75, 3.05) is 10.0 Å². The number of carbonyl (C=O) groups excluding carboxylic acids is 1. The maximum atomic E-state index is 12.6. The summed E-state index contributed by atoms with van der Waals surface area (Å²) in [4.78, 5) is 12.4. The molecule has 3 rings (SSSR count). The van der Waals surface area contributed by atoms with Gasteiger partial charge >= 0.3 is 0 Å². The zero-order valence-electron chi connectivity index (χ0n) is 14.4. The van der Waals surface area contributed by atoms with E-state index in [1.54, 1.807) is 30.3 Å². The number of hydrogen-bond acceptors (Lipinski definition) is 3. The number of rotatable bonds is 5. The Labute approximate surface area is 163 Å². The molecule has 0 atom stereocenters. The van der Waals surface area contributed by atoms with Gasteiger partial charge in [-0.1, -0.05) is 35.9 Å². The summed E-state index contributed by atoms with van der Waals surface area (Å²) in [5.41, 5.74) is 2.24. The molecule has 7 heteroatoms. The molecule has 2 N–H and O–H groups in total. The van der Waals surface area contributed by atoms with Crippen LogP contribution in [0.4, 0.5) is 11.4 Å². The van der Waals surface area contributed by atoms with Crippen molar-refractivity contribution >= 4 is 38.9 Å². The van der Waals surface area contributed by atoms with Gasteiger partial charge in [0.05, 0.1) is 10.6 Å². The van der Waals surface area contributed by atoms with E-state index in [1.807, 2.05) is 25.1 Å². The van der Waals surface area contributed by atoms with E-state index in [-0.39, 0.29) is 16.4 Å². The first-order valence-electron chi connectivity index (χ1n) is 8.10. The van der Waals surface area contributed by atoms with E-state index in [1.165, 1.54) is 24.3 Å². The summed E-state index contributed by atoms with van der Waals surface area (Å²) in [6, 6.07) is 19.6. The van der Waals surface area contributed by atoms with Gasteiger partial charge in [-0.25, -0.2) is 8.42 Å². The SMILES string of the molecule is Cc1cccc(NC(=O)c2cccc(S(=O)(=O)Nc3cccc(Cl)c3)c2)c1. The Morgan fingerprint density at radius 3 is 2.33 bits per heavy atom. The third kappa shape index (κ3) is 4.87. The Hall–Kier alpha value is -2.83. The summed E-state index contributed by atoms with van der Waals surface area (Å²) in [5, 5.41) is 3.18. The number of halogens is 1. The van der Waals surface area contributed by atoms with Gasteiger partial charge < -0.3 is 5.32 Å². The quantitative estimate of drug-likeness (QED) is 0.651. The molecule has 0 aliphatic carbocycles. The standard InChI is InChI=1S/C20H17ClN2O3S/c1-14-5-2-8-17(11-14)22-20(24)15-6-3-10-19(12-15)27(25,26)23-18-9-4-7-16(21)13-18/h2-13,23H,1H3,(H,22,24). The first-order chi connectivity index (χ1) is 12.8. The summed E-state index contributed by atoms with van der Waals surface area (Å²) in [7, 11) is -3.85. The highest BCUT2D eigenvalue weighted by Gasteiger charge is 2.17. The topological polar surface area (TPSA) is 75.3 Å². The first kappa shape index (κ1) is 18.9. The average molecular weight is 401 g/mol. The number of sulfonamides is 1. The van der Waals surface area contributed by atoms with Crippen molar-refractivity contribution in [3.63, 3.8) is 0 Å². The minimum Gasteiger partial charge on any atom is -0.322 e. The van der Waals surface area contributed by atoms with Gasteiger partial charge in [-0.15, -0.1) is 0 Å². The fourth-order valence-corrected chi connectivity index (χ4v) is 3.78. The average Bonchev–Trinajstić information content (AvgIpc) is 2.61. The molecular formula is C20H17ClN2O3S.